The molecule has 0 spiro atoms. The van der Waals surface area contributed by atoms with Crippen molar-refractivity contribution in [3.05, 3.63) is 47.7 Å². The monoisotopic (exact) mass is 317 g/mol. The van der Waals surface area contributed by atoms with E-state index in [2.05, 4.69) is 16.5 Å². The molecule has 0 saturated heterocycles. The molecule has 0 aliphatic carbocycles. The number of aryl methyl sites for hydroxylation is 1. The second-order valence-electron chi connectivity index (χ2n) is 4.98. The average molecular weight is 317 g/mol. The van der Waals surface area contributed by atoms with Crippen molar-refractivity contribution in [2.75, 3.05) is 11.1 Å². The number of rotatable bonds is 4. The summed E-state index contributed by atoms with van der Waals surface area (Å²) in [6.07, 6.45) is 2.50. The number of hydrogen-bond acceptors (Lipinski definition) is 4. The zero-order valence-electron chi connectivity index (χ0n) is 11.7. The summed E-state index contributed by atoms with van der Waals surface area (Å²) in [7, 11) is 0. The Morgan fingerprint density at radius 2 is 2.18 bits per heavy atom. The maximum atomic E-state index is 12.5. The molecule has 1 aromatic carbocycles. The van der Waals surface area contributed by atoms with Crippen LogP contribution in [-0.4, -0.2) is 32.5 Å². The van der Waals surface area contributed by atoms with E-state index in [0.29, 0.717) is 5.82 Å². The topological polar surface area (TPSA) is 84.2 Å². The number of hydrogen-bond donors (Lipinski definition) is 2. The number of anilines is 1. The van der Waals surface area contributed by atoms with Crippen molar-refractivity contribution < 1.29 is 14.7 Å². The van der Waals surface area contributed by atoms with Crippen LogP contribution < -0.4 is 5.32 Å². The van der Waals surface area contributed by atoms with Crippen molar-refractivity contribution in [3.63, 3.8) is 0 Å². The third-order valence-corrected chi connectivity index (χ3v) is 4.66. The molecular formula is C15H15N3O3S. The minimum Gasteiger partial charge on any atom is -0.480 e. The maximum absolute atomic E-state index is 12.5. The number of fused-ring (bicyclic) bond motifs is 1. The number of carboxylic acid groups (broad SMARTS) is 1. The van der Waals surface area contributed by atoms with Gasteiger partial charge in [0.05, 0.1) is 0 Å². The van der Waals surface area contributed by atoms with Crippen LogP contribution in [-0.2, 0) is 22.6 Å². The standard InChI is InChI=1S/C15H15N3O3S/c19-13(20)9-18-7-5-12(17-18)16-15(21)14-11-4-2-1-3-10(11)6-8-22-14/h1-5,7,14H,6,8-9H2,(H,19,20)(H,16,17,21)/t14-/m0/s1. The fourth-order valence-corrected chi connectivity index (χ4v) is 3.65. The summed E-state index contributed by atoms with van der Waals surface area (Å²) in [6, 6.07) is 9.55. The number of carbonyl (C=O) groups is 2. The number of benzene rings is 1. The molecule has 6 nitrogen and oxygen atoms in total. The summed E-state index contributed by atoms with van der Waals surface area (Å²) >= 11 is 1.61. The molecule has 22 heavy (non-hydrogen) atoms. The highest BCUT2D eigenvalue weighted by molar-refractivity contribution is 8.00. The lowest BCUT2D eigenvalue weighted by molar-refractivity contribution is -0.137. The summed E-state index contributed by atoms with van der Waals surface area (Å²) < 4.78 is 1.28. The lowest BCUT2D eigenvalue weighted by Crippen LogP contribution is -2.23. The molecule has 0 radical (unpaired) electrons. The van der Waals surface area contributed by atoms with E-state index < -0.39 is 5.97 Å². The molecule has 1 aromatic heterocycles. The molecule has 0 saturated carbocycles. The van der Waals surface area contributed by atoms with Gasteiger partial charge < -0.3 is 10.4 Å². The molecule has 0 bridgehead atoms. The number of nitrogens with zero attached hydrogens (tertiary/aromatic N) is 2. The van der Waals surface area contributed by atoms with E-state index in [-0.39, 0.29) is 17.7 Å². The van der Waals surface area contributed by atoms with Crippen molar-refractivity contribution in [1.29, 1.82) is 0 Å². The first kappa shape index (κ1) is 14.6. The van der Waals surface area contributed by atoms with Crippen molar-refractivity contribution in [2.45, 2.75) is 18.2 Å². The van der Waals surface area contributed by atoms with Crippen LogP contribution in [0.15, 0.2) is 36.5 Å². The Morgan fingerprint density at radius 3 is 3.00 bits per heavy atom. The van der Waals surface area contributed by atoms with E-state index in [9.17, 15) is 9.59 Å². The van der Waals surface area contributed by atoms with Crippen LogP contribution in [0, 0.1) is 0 Å². The highest BCUT2D eigenvalue weighted by atomic mass is 32.2. The molecule has 1 atom stereocenters. The van der Waals surface area contributed by atoms with Crippen molar-refractivity contribution in [3.8, 4) is 0 Å². The van der Waals surface area contributed by atoms with Gasteiger partial charge in [0.25, 0.3) is 0 Å². The van der Waals surface area contributed by atoms with Gasteiger partial charge in [-0.1, -0.05) is 24.3 Å². The highest BCUT2D eigenvalue weighted by Gasteiger charge is 2.27. The molecule has 7 heteroatoms. The number of aromatic nitrogens is 2. The van der Waals surface area contributed by atoms with Gasteiger partial charge in [0, 0.05) is 12.3 Å². The van der Waals surface area contributed by atoms with Crippen molar-refractivity contribution in [1.82, 2.24) is 9.78 Å². The Balaban J connectivity index is 1.73. The van der Waals surface area contributed by atoms with Crippen LogP contribution >= 0.6 is 11.8 Å². The maximum Gasteiger partial charge on any atom is 0.325 e. The zero-order valence-corrected chi connectivity index (χ0v) is 12.5. The molecule has 1 aliphatic heterocycles. The minimum absolute atomic E-state index is 0.127. The predicted molar refractivity (Wildman–Crippen MR) is 83.8 cm³/mol. The van der Waals surface area contributed by atoms with Gasteiger partial charge in [-0.15, -0.1) is 11.8 Å². The number of amides is 1. The Kier molecular flexibility index (Phi) is 4.15. The molecule has 0 fully saturated rings. The van der Waals surface area contributed by atoms with Crippen LogP contribution in [0.1, 0.15) is 16.4 Å². The van der Waals surface area contributed by atoms with Gasteiger partial charge in [-0.3, -0.25) is 14.3 Å². The molecule has 2 aromatic rings. The Labute approximate surface area is 131 Å². The van der Waals surface area contributed by atoms with E-state index in [1.54, 1.807) is 17.8 Å². The number of thioether (sulfide) groups is 1. The van der Waals surface area contributed by atoms with E-state index >= 15 is 0 Å². The summed E-state index contributed by atoms with van der Waals surface area (Å²) in [6.45, 7) is -0.225. The summed E-state index contributed by atoms with van der Waals surface area (Å²) in [5.41, 5.74) is 2.25. The third kappa shape index (κ3) is 3.14. The lowest BCUT2D eigenvalue weighted by Gasteiger charge is -2.23. The molecule has 1 aliphatic rings. The Hall–Kier alpha value is -2.28. The summed E-state index contributed by atoms with van der Waals surface area (Å²) in [5.74, 6) is 0.174. The fourth-order valence-electron chi connectivity index (χ4n) is 2.46. The van der Waals surface area contributed by atoms with Gasteiger partial charge in [0.2, 0.25) is 5.91 Å². The van der Waals surface area contributed by atoms with E-state index in [4.69, 9.17) is 5.11 Å². The van der Waals surface area contributed by atoms with E-state index in [0.717, 1.165) is 17.7 Å². The molecule has 2 N–H and O–H groups in total. The summed E-state index contributed by atoms with van der Waals surface area (Å²) in [4.78, 5) is 23.1. The van der Waals surface area contributed by atoms with Crippen LogP contribution in [0.25, 0.3) is 0 Å². The van der Waals surface area contributed by atoms with Gasteiger partial charge in [0.1, 0.15) is 11.8 Å². The first-order chi connectivity index (χ1) is 10.6. The molecule has 114 valence electrons. The largest absolute Gasteiger partial charge is 0.480 e. The summed E-state index contributed by atoms with van der Waals surface area (Å²) in [5, 5.41) is 15.3. The van der Waals surface area contributed by atoms with Crippen LogP contribution in [0.5, 0.6) is 0 Å². The minimum atomic E-state index is -0.974. The Morgan fingerprint density at radius 1 is 1.36 bits per heavy atom. The van der Waals surface area contributed by atoms with Gasteiger partial charge in [-0.05, 0) is 23.3 Å². The lowest BCUT2D eigenvalue weighted by atomic mass is 10.0. The van der Waals surface area contributed by atoms with Gasteiger partial charge in [-0.2, -0.15) is 5.10 Å². The highest BCUT2D eigenvalue weighted by Crippen LogP contribution is 2.37. The number of nitrogens with one attached hydrogen (secondary N) is 1. The first-order valence-electron chi connectivity index (χ1n) is 6.89. The van der Waals surface area contributed by atoms with E-state index in [1.807, 2.05) is 18.2 Å². The smallest absolute Gasteiger partial charge is 0.325 e. The SMILES string of the molecule is O=C(O)Cn1ccc(NC(=O)[C@H]2SCCc3ccccc32)n1. The number of aliphatic carboxylic acids is 1. The van der Waals surface area contributed by atoms with Gasteiger partial charge in [-0.25, -0.2) is 0 Å². The van der Waals surface area contributed by atoms with Crippen molar-refractivity contribution >= 4 is 29.5 Å². The second-order valence-corrected chi connectivity index (χ2v) is 6.19. The molecular weight excluding hydrogens is 302 g/mol. The van der Waals surface area contributed by atoms with E-state index in [1.165, 1.54) is 16.4 Å². The molecule has 0 unspecified atom stereocenters. The zero-order chi connectivity index (χ0) is 15.5. The normalized spacial score (nSPS) is 16.8. The van der Waals surface area contributed by atoms with Crippen molar-refractivity contribution in [2.24, 2.45) is 0 Å². The quantitative estimate of drug-likeness (QED) is 0.900. The molecule has 3 rings (SSSR count). The van der Waals surface area contributed by atoms with Gasteiger partial charge >= 0.3 is 5.97 Å². The number of carbonyl (C=O) groups excluding carboxylic acids is 1. The second kappa shape index (κ2) is 6.23. The Bertz CT molecular complexity index is 714. The molecule has 2 heterocycles. The molecule has 1 amide bonds. The van der Waals surface area contributed by atoms with Gasteiger partial charge in [0.15, 0.2) is 5.82 Å². The predicted octanol–water partition coefficient (Wildman–Crippen LogP) is 1.94. The average Bonchev–Trinajstić information content (AvgIpc) is 2.92. The van der Waals surface area contributed by atoms with Crippen LogP contribution in [0.4, 0.5) is 5.82 Å². The fraction of sp³-hybridized carbons (Fsp3) is 0.267. The number of carboxylic acids is 1. The first-order valence-corrected chi connectivity index (χ1v) is 7.94. The van der Waals surface area contributed by atoms with Crippen LogP contribution in [0.3, 0.4) is 0 Å². The van der Waals surface area contributed by atoms with Crippen LogP contribution in [0.2, 0.25) is 0 Å². The third-order valence-electron chi connectivity index (χ3n) is 3.42.